The van der Waals surface area contributed by atoms with Crippen molar-refractivity contribution >= 4 is 22.9 Å². The number of rotatable bonds is 5. The Morgan fingerprint density at radius 1 is 1.32 bits per heavy atom. The topological polar surface area (TPSA) is 91.2 Å². The first kappa shape index (κ1) is 14.1. The molecule has 22 heavy (non-hydrogen) atoms. The molecule has 0 aliphatic carbocycles. The summed E-state index contributed by atoms with van der Waals surface area (Å²) in [5, 5.41) is 0. The quantitative estimate of drug-likeness (QED) is 0.757. The van der Waals surface area contributed by atoms with Gasteiger partial charge in [0.1, 0.15) is 11.8 Å². The van der Waals surface area contributed by atoms with E-state index in [1.54, 1.807) is 35.7 Å². The van der Waals surface area contributed by atoms with Crippen LogP contribution in [0.15, 0.2) is 35.7 Å². The highest BCUT2D eigenvalue weighted by molar-refractivity contribution is 5.86. The second-order valence-corrected chi connectivity index (χ2v) is 5.04. The molecule has 3 heterocycles. The number of H-pyrrole nitrogens is 1. The zero-order chi connectivity index (χ0) is 15.5. The molecule has 0 atom stereocenters. The molecule has 0 radical (unpaired) electrons. The van der Waals surface area contributed by atoms with Crippen LogP contribution in [-0.2, 0) is 11.3 Å². The first-order valence-electron chi connectivity index (χ1n) is 6.75. The maximum atomic E-state index is 12.3. The van der Waals surface area contributed by atoms with Crippen molar-refractivity contribution in [2.24, 2.45) is 0 Å². The zero-order valence-electron chi connectivity index (χ0n) is 12.4. The third-order valence-electron chi connectivity index (χ3n) is 3.36. The zero-order valence-corrected chi connectivity index (χ0v) is 12.4. The lowest BCUT2D eigenvalue weighted by molar-refractivity contribution is -0.128. The maximum absolute atomic E-state index is 12.3. The second kappa shape index (κ2) is 5.84. The van der Waals surface area contributed by atoms with Crippen LogP contribution in [-0.4, -0.2) is 51.4 Å². The number of amides is 1. The average molecular weight is 300 g/mol. The lowest BCUT2D eigenvalue weighted by Gasteiger charge is -2.22. The molecule has 1 amide bonds. The van der Waals surface area contributed by atoms with Crippen LogP contribution in [0.3, 0.4) is 0 Å². The van der Waals surface area contributed by atoms with Crippen molar-refractivity contribution in [2.75, 3.05) is 25.5 Å². The van der Waals surface area contributed by atoms with Crippen molar-refractivity contribution in [3.63, 3.8) is 0 Å². The van der Waals surface area contributed by atoms with Crippen LogP contribution in [0.1, 0.15) is 5.56 Å². The number of likely N-dealkylation sites (N-methyl/N-ethyl adjacent to an activating group) is 2. The van der Waals surface area contributed by atoms with Crippen molar-refractivity contribution in [1.82, 2.24) is 24.8 Å². The minimum absolute atomic E-state index is 0.0185. The summed E-state index contributed by atoms with van der Waals surface area (Å²) < 4.78 is 5.01. The van der Waals surface area contributed by atoms with Gasteiger partial charge in [0.2, 0.25) is 5.91 Å². The summed E-state index contributed by atoms with van der Waals surface area (Å²) in [4.78, 5) is 31.1. The SMILES string of the molecule is CN(Cc1ccoc1)C(=O)CN(C)c1ncnc2nc[nH]c12. The molecule has 0 aromatic carbocycles. The fraction of sp³-hybridized carbons (Fsp3) is 0.286. The molecule has 0 aliphatic rings. The van der Waals surface area contributed by atoms with E-state index >= 15 is 0 Å². The predicted octanol–water partition coefficient (Wildman–Crippen LogP) is 1.04. The van der Waals surface area contributed by atoms with Gasteiger partial charge in [-0.1, -0.05) is 0 Å². The minimum Gasteiger partial charge on any atom is -0.472 e. The summed E-state index contributed by atoms with van der Waals surface area (Å²) in [5.41, 5.74) is 2.25. The number of aromatic nitrogens is 4. The number of hydrogen-bond acceptors (Lipinski definition) is 6. The Morgan fingerprint density at radius 2 is 2.18 bits per heavy atom. The van der Waals surface area contributed by atoms with Crippen LogP contribution in [0.4, 0.5) is 5.82 Å². The van der Waals surface area contributed by atoms with E-state index in [1.807, 2.05) is 13.1 Å². The van der Waals surface area contributed by atoms with Crippen molar-refractivity contribution in [3.8, 4) is 0 Å². The molecule has 0 fully saturated rings. The molecule has 0 aliphatic heterocycles. The monoisotopic (exact) mass is 300 g/mol. The molecule has 3 rings (SSSR count). The summed E-state index contributed by atoms with van der Waals surface area (Å²) in [5.74, 6) is 0.627. The van der Waals surface area contributed by atoms with Gasteiger partial charge in [0.05, 0.1) is 25.4 Å². The number of imidazole rings is 1. The van der Waals surface area contributed by atoms with Gasteiger partial charge < -0.3 is 19.2 Å². The van der Waals surface area contributed by atoms with Gasteiger partial charge >= 0.3 is 0 Å². The fourth-order valence-electron chi connectivity index (χ4n) is 2.18. The first-order chi connectivity index (χ1) is 10.6. The predicted molar refractivity (Wildman–Crippen MR) is 80.1 cm³/mol. The largest absolute Gasteiger partial charge is 0.472 e. The maximum Gasteiger partial charge on any atom is 0.242 e. The molecule has 8 nitrogen and oxygen atoms in total. The molecule has 0 saturated heterocycles. The molecule has 0 spiro atoms. The number of anilines is 1. The van der Waals surface area contributed by atoms with E-state index < -0.39 is 0 Å². The number of furan rings is 1. The molecule has 0 bridgehead atoms. The van der Waals surface area contributed by atoms with Crippen molar-refractivity contribution in [1.29, 1.82) is 0 Å². The Kier molecular flexibility index (Phi) is 3.73. The van der Waals surface area contributed by atoms with Gasteiger partial charge in [-0.3, -0.25) is 4.79 Å². The number of nitrogens with zero attached hydrogens (tertiary/aromatic N) is 5. The van der Waals surface area contributed by atoms with E-state index in [-0.39, 0.29) is 12.5 Å². The van der Waals surface area contributed by atoms with E-state index in [0.717, 1.165) is 11.1 Å². The summed E-state index contributed by atoms with van der Waals surface area (Å²) in [7, 11) is 3.57. The smallest absolute Gasteiger partial charge is 0.242 e. The van der Waals surface area contributed by atoms with E-state index in [4.69, 9.17) is 4.42 Å². The number of carbonyl (C=O) groups excluding carboxylic acids is 1. The van der Waals surface area contributed by atoms with Crippen LogP contribution in [0, 0.1) is 0 Å². The molecule has 3 aromatic rings. The molecule has 0 unspecified atom stereocenters. The lowest BCUT2D eigenvalue weighted by Crippen LogP contribution is -2.36. The minimum atomic E-state index is -0.0185. The van der Waals surface area contributed by atoms with Gasteiger partial charge in [-0.25, -0.2) is 15.0 Å². The third-order valence-corrected chi connectivity index (χ3v) is 3.36. The van der Waals surface area contributed by atoms with E-state index in [0.29, 0.717) is 18.0 Å². The highest BCUT2D eigenvalue weighted by atomic mass is 16.3. The number of nitrogens with one attached hydrogen (secondary N) is 1. The van der Waals surface area contributed by atoms with Gasteiger partial charge in [-0.15, -0.1) is 0 Å². The van der Waals surface area contributed by atoms with Gasteiger partial charge in [0.25, 0.3) is 0 Å². The Bertz CT molecular complexity index is 767. The summed E-state index contributed by atoms with van der Waals surface area (Å²) >= 11 is 0. The van der Waals surface area contributed by atoms with Crippen molar-refractivity contribution in [2.45, 2.75) is 6.54 Å². The van der Waals surface area contributed by atoms with Crippen molar-refractivity contribution < 1.29 is 9.21 Å². The molecule has 3 aromatic heterocycles. The van der Waals surface area contributed by atoms with Crippen LogP contribution < -0.4 is 4.90 Å². The molecular formula is C14H16N6O2. The molecular weight excluding hydrogens is 284 g/mol. The molecule has 114 valence electrons. The summed E-state index contributed by atoms with van der Waals surface area (Å²) in [6.07, 6.45) is 6.22. The van der Waals surface area contributed by atoms with Crippen LogP contribution >= 0.6 is 0 Å². The Balaban J connectivity index is 1.69. The fourth-order valence-corrected chi connectivity index (χ4v) is 2.18. The number of hydrogen-bond donors (Lipinski definition) is 1. The van der Waals surface area contributed by atoms with Gasteiger partial charge in [-0.2, -0.15) is 0 Å². The molecule has 8 heteroatoms. The summed E-state index contributed by atoms with van der Waals surface area (Å²) in [6.45, 7) is 0.714. The second-order valence-electron chi connectivity index (χ2n) is 5.04. The highest BCUT2D eigenvalue weighted by Gasteiger charge is 2.16. The standard InChI is InChI=1S/C14H16N6O2/c1-19(5-10-3-4-22-7-10)11(21)6-20(2)14-12-13(16-8-15-12)17-9-18-14/h3-4,7-9H,5-6H2,1-2H3,(H,15,16,17,18). The van der Waals surface area contributed by atoms with Gasteiger partial charge in [-0.05, 0) is 6.07 Å². The van der Waals surface area contributed by atoms with Gasteiger partial charge in [0.15, 0.2) is 11.5 Å². The normalized spacial score (nSPS) is 10.8. The average Bonchev–Trinajstić information content (AvgIpc) is 3.17. The van der Waals surface area contributed by atoms with E-state index in [1.165, 1.54) is 6.33 Å². The van der Waals surface area contributed by atoms with Crippen molar-refractivity contribution in [3.05, 3.63) is 36.8 Å². The van der Waals surface area contributed by atoms with Crippen LogP contribution in [0.25, 0.3) is 11.2 Å². The number of aromatic amines is 1. The Morgan fingerprint density at radius 3 is 2.95 bits per heavy atom. The highest BCUT2D eigenvalue weighted by Crippen LogP contribution is 2.18. The Labute approximate surface area is 126 Å². The van der Waals surface area contributed by atoms with E-state index in [2.05, 4.69) is 19.9 Å². The summed E-state index contributed by atoms with van der Waals surface area (Å²) in [6, 6.07) is 1.84. The first-order valence-corrected chi connectivity index (χ1v) is 6.75. The van der Waals surface area contributed by atoms with Gasteiger partial charge in [0, 0.05) is 26.2 Å². The lowest BCUT2D eigenvalue weighted by atomic mass is 10.3. The van der Waals surface area contributed by atoms with Crippen LogP contribution in [0.5, 0.6) is 0 Å². The number of carbonyl (C=O) groups is 1. The third kappa shape index (κ3) is 2.76. The molecule has 0 saturated carbocycles. The van der Waals surface area contributed by atoms with Crippen LogP contribution in [0.2, 0.25) is 0 Å². The Hall–Kier alpha value is -2.90. The van der Waals surface area contributed by atoms with E-state index in [9.17, 15) is 4.79 Å². The molecule has 1 N–H and O–H groups in total. The number of fused-ring (bicyclic) bond motifs is 1.